The second-order valence-electron chi connectivity index (χ2n) is 4.60. The van der Waals surface area contributed by atoms with Gasteiger partial charge in [0.05, 0.1) is 24.2 Å². The Balaban J connectivity index is 1.82. The average molecular weight is 299 g/mol. The molecule has 3 rings (SSSR count). The first-order valence-corrected chi connectivity index (χ1v) is 6.63. The molecule has 2 fully saturated rings. The number of hydrogen-bond donors (Lipinski definition) is 0. The van der Waals surface area contributed by atoms with E-state index in [0.717, 1.165) is 35.4 Å². The summed E-state index contributed by atoms with van der Waals surface area (Å²) in [5, 5.41) is 0. The number of anilines is 1. The normalized spacial score (nSPS) is 22.6. The third kappa shape index (κ3) is 2.07. The maximum atomic E-state index is 5.71. The molecule has 2 saturated heterocycles. The van der Waals surface area contributed by atoms with Crippen molar-refractivity contribution in [2.75, 3.05) is 31.2 Å². The first-order chi connectivity index (χ1) is 8.19. The van der Waals surface area contributed by atoms with Gasteiger partial charge >= 0.3 is 0 Å². The first-order valence-electron chi connectivity index (χ1n) is 5.84. The van der Waals surface area contributed by atoms with E-state index in [1.807, 2.05) is 13.1 Å². The summed E-state index contributed by atoms with van der Waals surface area (Å²) in [4.78, 5) is 6.70. The van der Waals surface area contributed by atoms with E-state index in [2.05, 4.69) is 31.9 Å². The lowest BCUT2D eigenvalue weighted by molar-refractivity contribution is -0.137. The van der Waals surface area contributed by atoms with Gasteiger partial charge in [-0.05, 0) is 34.5 Å². The Hall–Kier alpha value is -0.650. The molecule has 2 aliphatic rings. The van der Waals surface area contributed by atoms with E-state index < -0.39 is 0 Å². The Bertz CT molecular complexity index is 433. The van der Waals surface area contributed by atoms with Crippen molar-refractivity contribution in [2.24, 2.45) is 0 Å². The minimum absolute atomic E-state index is 0.383. The second-order valence-corrected chi connectivity index (χ2v) is 5.45. The topological polar surface area (TPSA) is 34.6 Å². The van der Waals surface area contributed by atoms with Crippen LogP contribution in [0.15, 0.2) is 16.7 Å². The Labute approximate surface area is 109 Å². The number of aryl methyl sites for hydroxylation is 1. The summed E-state index contributed by atoms with van der Waals surface area (Å²) < 4.78 is 12.5. The van der Waals surface area contributed by atoms with Crippen molar-refractivity contribution in [2.45, 2.75) is 19.1 Å². The van der Waals surface area contributed by atoms with Crippen molar-refractivity contribution in [3.8, 4) is 0 Å². The highest BCUT2D eigenvalue weighted by Gasteiger charge is 2.44. The molecule has 0 radical (unpaired) electrons. The first kappa shape index (κ1) is 11.4. The average Bonchev–Trinajstić information content (AvgIpc) is 2.90. The molecule has 5 heteroatoms. The Morgan fingerprint density at radius 2 is 2.18 bits per heavy atom. The molecular weight excluding hydrogens is 284 g/mol. The van der Waals surface area contributed by atoms with Gasteiger partial charge in [-0.3, -0.25) is 0 Å². The largest absolute Gasteiger partial charge is 0.350 e. The Morgan fingerprint density at radius 3 is 2.88 bits per heavy atom. The molecule has 4 nitrogen and oxygen atoms in total. The Morgan fingerprint density at radius 1 is 1.41 bits per heavy atom. The molecule has 0 aromatic carbocycles. The lowest BCUT2D eigenvalue weighted by atomic mass is 10.2. The molecule has 0 amide bonds. The predicted molar refractivity (Wildman–Crippen MR) is 68.1 cm³/mol. The molecule has 1 spiro atoms. The summed E-state index contributed by atoms with van der Waals surface area (Å²) in [6.45, 7) is 5.14. The maximum absolute atomic E-state index is 5.71. The van der Waals surface area contributed by atoms with Crippen LogP contribution in [0.4, 0.5) is 5.82 Å². The van der Waals surface area contributed by atoms with E-state index in [1.54, 1.807) is 0 Å². The number of hydrogen-bond acceptors (Lipinski definition) is 4. The van der Waals surface area contributed by atoms with Crippen LogP contribution in [0.25, 0.3) is 0 Å². The number of nitrogens with zero attached hydrogens (tertiary/aromatic N) is 2. The standard InChI is InChI=1S/C12H15BrN2O2/c1-9-6-10(13)11(14-7-9)15-3-2-12(8-15)16-4-5-17-12/h6-7H,2-5,8H2,1H3. The molecule has 92 valence electrons. The number of ether oxygens (including phenoxy) is 2. The summed E-state index contributed by atoms with van der Waals surface area (Å²) in [6, 6.07) is 2.09. The van der Waals surface area contributed by atoms with Crippen molar-refractivity contribution >= 4 is 21.7 Å². The number of pyridine rings is 1. The molecule has 0 bridgehead atoms. The summed E-state index contributed by atoms with van der Waals surface area (Å²) in [5.74, 6) is 0.595. The third-order valence-electron chi connectivity index (χ3n) is 3.27. The van der Waals surface area contributed by atoms with Gasteiger partial charge in [0, 0.05) is 19.2 Å². The lowest BCUT2D eigenvalue weighted by Crippen LogP contribution is -2.34. The van der Waals surface area contributed by atoms with Crippen molar-refractivity contribution in [1.29, 1.82) is 0 Å². The molecule has 0 atom stereocenters. The molecule has 1 aromatic rings. The SMILES string of the molecule is Cc1cnc(N2CCC3(C2)OCCO3)c(Br)c1. The van der Waals surface area contributed by atoms with Crippen LogP contribution in [0, 0.1) is 6.92 Å². The molecule has 0 saturated carbocycles. The molecule has 0 unspecified atom stereocenters. The molecular formula is C12H15BrN2O2. The third-order valence-corrected chi connectivity index (χ3v) is 3.85. The van der Waals surface area contributed by atoms with Crippen LogP contribution in [-0.4, -0.2) is 37.1 Å². The van der Waals surface area contributed by atoms with Crippen LogP contribution < -0.4 is 4.90 Å². The smallest absolute Gasteiger partial charge is 0.187 e. The Kier molecular flexibility index (Phi) is 2.84. The second kappa shape index (κ2) is 4.23. The van der Waals surface area contributed by atoms with E-state index in [9.17, 15) is 0 Å². The van der Waals surface area contributed by atoms with E-state index in [0.29, 0.717) is 13.2 Å². The highest BCUT2D eigenvalue weighted by atomic mass is 79.9. The molecule has 0 N–H and O–H groups in total. The highest BCUT2D eigenvalue weighted by molar-refractivity contribution is 9.10. The van der Waals surface area contributed by atoms with Crippen LogP contribution in [0.5, 0.6) is 0 Å². The zero-order chi connectivity index (χ0) is 11.9. The minimum atomic E-state index is -0.383. The van der Waals surface area contributed by atoms with Gasteiger partial charge in [0.1, 0.15) is 5.82 Å². The fraction of sp³-hybridized carbons (Fsp3) is 0.583. The van der Waals surface area contributed by atoms with Crippen LogP contribution in [0.2, 0.25) is 0 Å². The van der Waals surface area contributed by atoms with Gasteiger partial charge in [-0.2, -0.15) is 0 Å². The van der Waals surface area contributed by atoms with Gasteiger partial charge in [0.15, 0.2) is 5.79 Å². The highest BCUT2D eigenvalue weighted by Crippen LogP contribution is 2.35. The van der Waals surface area contributed by atoms with E-state index in [4.69, 9.17) is 9.47 Å². The van der Waals surface area contributed by atoms with Crippen molar-refractivity contribution < 1.29 is 9.47 Å². The predicted octanol–water partition coefficient (Wildman–Crippen LogP) is 2.11. The lowest BCUT2D eigenvalue weighted by Gasteiger charge is -2.23. The van der Waals surface area contributed by atoms with Crippen molar-refractivity contribution in [3.63, 3.8) is 0 Å². The van der Waals surface area contributed by atoms with Gasteiger partial charge < -0.3 is 14.4 Å². The monoisotopic (exact) mass is 298 g/mol. The van der Waals surface area contributed by atoms with Gasteiger partial charge in [-0.25, -0.2) is 4.98 Å². The summed E-state index contributed by atoms with van der Waals surface area (Å²) in [5.41, 5.74) is 1.16. The molecule has 2 aliphatic heterocycles. The fourth-order valence-electron chi connectivity index (χ4n) is 2.43. The fourth-order valence-corrected chi connectivity index (χ4v) is 3.14. The van der Waals surface area contributed by atoms with E-state index in [-0.39, 0.29) is 5.79 Å². The molecule has 3 heterocycles. The van der Waals surface area contributed by atoms with Gasteiger partial charge in [-0.15, -0.1) is 0 Å². The zero-order valence-electron chi connectivity index (χ0n) is 9.78. The number of aromatic nitrogens is 1. The quantitative estimate of drug-likeness (QED) is 0.795. The van der Waals surface area contributed by atoms with Crippen molar-refractivity contribution in [1.82, 2.24) is 4.98 Å². The maximum Gasteiger partial charge on any atom is 0.187 e. The summed E-state index contributed by atoms with van der Waals surface area (Å²) in [7, 11) is 0. The van der Waals surface area contributed by atoms with Crippen LogP contribution in [-0.2, 0) is 9.47 Å². The van der Waals surface area contributed by atoms with Crippen LogP contribution >= 0.6 is 15.9 Å². The summed E-state index contributed by atoms with van der Waals surface area (Å²) >= 11 is 3.57. The number of halogens is 1. The van der Waals surface area contributed by atoms with Crippen molar-refractivity contribution in [3.05, 3.63) is 22.3 Å². The van der Waals surface area contributed by atoms with Crippen LogP contribution in [0.3, 0.4) is 0 Å². The zero-order valence-corrected chi connectivity index (χ0v) is 11.4. The number of rotatable bonds is 1. The molecule has 0 aliphatic carbocycles. The van der Waals surface area contributed by atoms with E-state index >= 15 is 0 Å². The van der Waals surface area contributed by atoms with Gasteiger partial charge in [-0.1, -0.05) is 0 Å². The van der Waals surface area contributed by atoms with Crippen LogP contribution in [0.1, 0.15) is 12.0 Å². The molecule has 17 heavy (non-hydrogen) atoms. The summed E-state index contributed by atoms with van der Waals surface area (Å²) in [6.07, 6.45) is 2.80. The van der Waals surface area contributed by atoms with Gasteiger partial charge in [0.2, 0.25) is 0 Å². The van der Waals surface area contributed by atoms with Gasteiger partial charge in [0.25, 0.3) is 0 Å². The van der Waals surface area contributed by atoms with E-state index in [1.165, 1.54) is 0 Å². The minimum Gasteiger partial charge on any atom is -0.350 e. The molecule has 1 aromatic heterocycles.